The maximum atomic E-state index is 12.3. The Morgan fingerprint density at radius 2 is 1.65 bits per heavy atom. The molecule has 1 aromatic heterocycles. The van der Waals surface area contributed by atoms with Gasteiger partial charge in [-0.25, -0.2) is 0 Å². The maximum Gasteiger partial charge on any atom is 0.289 e. The molecule has 5 nitrogen and oxygen atoms in total. The highest BCUT2D eigenvalue weighted by Crippen LogP contribution is 2.23. The number of hydrogen-bond acceptors (Lipinski definition) is 3. The van der Waals surface area contributed by atoms with Gasteiger partial charge in [0.2, 0.25) is 0 Å². The van der Waals surface area contributed by atoms with E-state index >= 15 is 0 Å². The summed E-state index contributed by atoms with van der Waals surface area (Å²) in [4.78, 5) is 16.2. The summed E-state index contributed by atoms with van der Waals surface area (Å²) in [7, 11) is 0. The molecule has 0 unspecified atom stereocenters. The molecule has 1 aliphatic heterocycles. The maximum absolute atomic E-state index is 12.3. The lowest BCUT2D eigenvalue weighted by Gasteiger charge is -2.35. The Balaban J connectivity index is 1.53. The van der Waals surface area contributed by atoms with E-state index in [0.29, 0.717) is 37.1 Å². The number of nitrogens with zero attached hydrogens (tertiary/aromatic N) is 2. The highest BCUT2D eigenvalue weighted by Gasteiger charge is 2.24. The molecule has 1 fully saturated rings. The zero-order valence-corrected chi connectivity index (χ0v) is 16.3. The van der Waals surface area contributed by atoms with E-state index in [1.165, 1.54) is 11.8 Å². The summed E-state index contributed by atoms with van der Waals surface area (Å²) in [5.41, 5.74) is 2.41. The zero-order chi connectivity index (χ0) is 18.7. The fourth-order valence-electron chi connectivity index (χ4n) is 2.92. The number of nitrogens with one attached hydrogen (secondary N) is 1. The summed E-state index contributed by atoms with van der Waals surface area (Å²) in [6.45, 7) is 9.27. The van der Waals surface area contributed by atoms with Gasteiger partial charge in [-0.05, 0) is 47.5 Å². The fourth-order valence-corrected chi connectivity index (χ4v) is 3.23. The predicted octanol–water partition coefficient (Wildman–Crippen LogP) is 3.73. The molecular formula is C20H25N3O2S. The third-order valence-corrected chi connectivity index (χ3v) is 4.95. The highest BCUT2D eigenvalue weighted by atomic mass is 32.1. The molecule has 2 aromatic rings. The average Bonchev–Trinajstić information content (AvgIpc) is 3.15. The molecule has 0 atom stereocenters. The first kappa shape index (κ1) is 18.5. The second kappa shape index (κ2) is 7.50. The van der Waals surface area contributed by atoms with Crippen LogP contribution in [0.15, 0.2) is 47.1 Å². The van der Waals surface area contributed by atoms with Gasteiger partial charge in [0.1, 0.15) is 0 Å². The van der Waals surface area contributed by atoms with E-state index < -0.39 is 0 Å². The van der Waals surface area contributed by atoms with Crippen LogP contribution in [-0.2, 0) is 5.41 Å². The Labute approximate surface area is 160 Å². The Morgan fingerprint density at radius 3 is 2.19 bits per heavy atom. The van der Waals surface area contributed by atoms with Gasteiger partial charge in [-0.3, -0.25) is 4.79 Å². The van der Waals surface area contributed by atoms with Crippen molar-refractivity contribution in [1.82, 2.24) is 9.80 Å². The van der Waals surface area contributed by atoms with Crippen LogP contribution in [0.3, 0.4) is 0 Å². The number of thiocarbonyl (C=S) groups is 1. The van der Waals surface area contributed by atoms with Crippen molar-refractivity contribution >= 4 is 28.9 Å². The molecule has 1 saturated heterocycles. The Morgan fingerprint density at radius 1 is 1.04 bits per heavy atom. The zero-order valence-electron chi connectivity index (χ0n) is 15.5. The lowest BCUT2D eigenvalue weighted by atomic mass is 9.87. The lowest BCUT2D eigenvalue weighted by molar-refractivity contribution is 0.0661. The number of benzene rings is 1. The van der Waals surface area contributed by atoms with E-state index in [4.69, 9.17) is 16.6 Å². The molecule has 2 heterocycles. The van der Waals surface area contributed by atoms with Crippen molar-refractivity contribution in [1.29, 1.82) is 0 Å². The van der Waals surface area contributed by atoms with Crippen LogP contribution in [0, 0.1) is 0 Å². The molecule has 26 heavy (non-hydrogen) atoms. The quantitative estimate of drug-likeness (QED) is 0.815. The van der Waals surface area contributed by atoms with Crippen LogP contribution in [0.25, 0.3) is 0 Å². The monoisotopic (exact) mass is 371 g/mol. The molecule has 138 valence electrons. The number of hydrogen-bond donors (Lipinski definition) is 1. The SMILES string of the molecule is CC(C)(C)c1ccc(NC(=S)N2CCN(C(=O)c3ccco3)CC2)cc1. The molecule has 0 spiro atoms. The summed E-state index contributed by atoms with van der Waals surface area (Å²) >= 11 is 5.54. The normalized spacial score (nSPS) is 15.0. The summed E-state index contributed by atoms with van der Waals surface area (Å²) in [6, 6.07) is 11.8. The van der Waals surface area contributed by atoms with Crippen LogP contribution >= 0.6 is 12.2 Å². The third kappa shape index (κ3) is 4.25. The van der Waals surface area contributed by atoms with Gasteiger partial charge in [0.05, 0.1) is 6.26 Å². The first-order chi connectivity index (χ1) is 12.3. The number of piperazine rings is 1. The molecule has 1 aliphatic rings. The van der Waals surface area contributed by atoms with Gasteiger partial charge in [-0.1, -0.05) is 32.9 Å². The van der Waals surface area contributed by atoms with E-state index in [2.05, 4.69) is 55.3 Å². The topological polar surface area (TPSA) is 48.7 Å². The van der Waals surface area contributed by atoms with E-state index in [1.807, 2.05) is 0 Å². The van der Waals surface area contributed by atoms with Crippen LogP contribution in [0.4, 0.5) is 5.69 Å². The standard InChI is InChI=1S/C20H25N3O2S/c1-20(2,3)15-6-8-16(9-7-15)21-19(26)23-12-10-22(11-13-23)18(24)17-5-4-14-25-17/h4-9,14H,10-13H2,1-3H3,(H,21,26). The number of amides is 1. The summed E-state index contributed by atoms with van der Waals surface area (Å²) in [5.74, 6) is 0.324. The molecule has 0 radical (unpaired) electrons. The van der Waals surface area contributed by atoms with E-state index in [-0.39, 0.29) is 11.3 Å². The van der Waals surface area contributed by atoms with Crippen molar-refractivity contribution in [2.45, 2.75) is 26.2 Å². The van der Waals surface area contributed by atoms with Gasteiger partial charge in [-0.2, -0.15) is 0 Å². The van der Waals surface area contributed by atoms with Crippen molar-refractivity contribution in [3.63, 3.8) is 0 Å². The first-order valence-electron chi connectivity index (χ1n) is 8.84. The molecule has 0 saturated carbocycles. The molecule has 3 rings (SSSR count). The van der Waals surface area contributed by atoms with E-state index in [1.54, 1.807) is 17.0 Å². The van der Waals surface area contributed by atoms with Gasteiger partial charge < -0.3 is 19.5 Å². The Kier molecular flexibility index (Phi) is 5.32. The minimum Gasteiger partial charge on any atom is -0.459 e. The fraction of sp³-hybridized carbons (Fsp3) is 0.400. The van der Waals surface area contributed by atoms with Gasteiger partial charge >= 0.3 is 0 Å². The second-order valence-electron chi connectivity index (χ2n) is 7.51. The Bertz CT molecular complexity index is 755. The largest absolute Gasteiger partial charge is 0.459 e. The van der Waals surface area contributed by atoms with Gasteiger partial charge in [0.15, 0.2) is 10.9 Å². The lowest BCUT2D eigenvalue weighted by Crippen LogP contribution is -2.51. The summed E-state index contributed by atoms with van der Waals surface area (Å²) in [5, 5.41) is 3.99. The molecule has 1 aromatic carbocycles. The van der Waals surface area contributed by atoms with Crippen molar-refractivity contribution < 1.29 is 9.21 Å². The molecule has 1 N–H and O–H groups in total. The van der Waals surface area contributed by atoms with Gasteiger partial charge in [0, 0.05) is 31.9 Å². The smallest absolute Gasteiger partial charge is 0.289 e. The highest BCUT2D eigenvalue weighted by molar-refractivity contribution is 7.80. The minimum absolute atomic E-state index is 0.0636. The van der Waals surface area contributed by atoms with Crippen LogP contribution in [0.1, 0.15) is 36.9 Å². The van der Waals surface area contributed by atoms with E-state index in [0.717, 1.165) is 5.69 Å². The minimum atomic E-state index is -0.0636. The average molecular weight is 372 g/mol. The van der Waals surface area contributed by atoms with Crippen molar-refractivity contribution in [2.24, 2.45) is 0 Å². The van der Waals surface area contributed by atoms with Gasteiger partial charge in [-0.15, -0.1) is 0 Å². The second-order valence-corrected chi connectivity index (χ2v) is 7.90. The third-order valence-electron chi connectivity index (χ3n) is 4.59. The Hall–Kier alpha value is -2.34. The van der Waals surface area contributed by atoms with Crippen molar-refractivity contribution in [3.8, 4) is 0 Å². The number of carbonyl (C=O) groups excluding carboxylic acids is 1. The number of furan rings is 1. The molecule has 1 amide bonds. The number of carbonyl (C=O) groups is 1. The summed E-state index contributed by atoms with van der Waals surface area (Å²) in [6.07, 6.45) is 1.52. The van der Waals surface area contributed by atoms with Crippen LogP contribution in [0.2, 0.25) is 0 Å². The molecule has 6 heteroatoms. The first-order valence-corrected chi connectivity index (χ1v) is 9.25. The molecule has 0 aliphatic carbocycles. The van der Waals surface area contributed by atoms with Gasteiger partial charge in [0.25, 0.3) is 5.91 Å². The van der Waals surface area contributed by atoms with Crippen molar-refractivity contribution in [3.05, 3.63) is 54.0 Å². The van der Waals surface area contributed by atoms with Crippen LogP contribution in [-0.4, -0.2) is 47.0 Å². The summed E-state index contributed by atoms with van der Waals surface area (Å²) < 4.78 is 5.19. The number of rotatable bonds is 2. The predicted molar refractivity (Wildman–Crippen MR) is 108 cm³/mol. The van der Waals surface area contributed by atoms with Crippen molar-refractivity contribution in [2.75, 3.05) is 31.5 Å². The molecular weight excluding hydrogens is 346 g/mol. The van der Waals surface area contributed by atoms with Crippen LogP contribution in [0.5, 0.6) is 0 Å². The van der Waals surface area contributed by atoms with Crippen LogP contribution < -0.4 is 5.32 Å². The molecule has 0 bridgehead atoms. The number of anilines is 1. The van der Waals surface area contributed by atoms with E-state index in [9.17, 15) is 4.79 Å².